The van der Waals surface area contributed by atoms with Crippen molar-refractivity contribution in [2.24, 2.45) is 0 Å². The number of aromatic nitrogens is 2. The number of ether oxygens (including phenoxy) is 1. The molecule has 1 N–H and O–H groups in total. The summed E-state index contributed by atoms with van der Waals surface area (Å²) in [4.78, 5) is 18.3. The van der Waals surface area contributed by atoms with E-state index < -0.39 is 16.1 Å². The number of thiophene rings is 1. The monoisotopic (exact) mass is 341 g/mol. The molecule has 1 saturated heterocycles. The Morgan fingerprint density at radius 1 is 1.50 bits per heavy atom. The van der Waals surface area contributed by atoms with Crippen LogP contribution in [0.15, 0.2) is 32.6 Å². The molecule has 1 aliphatic heterocycles. The summed E-state index contributed by atoms with van der Waals surface area (Å²) in [5.74, 6) is 0.476. The Morgan fingerprint density at radius 3 is 3.00 bits per heavy atom. The van der Waals surface area contributed by atoms with Crippen molar-refractivity contribution in [3.8, 4) is 0 Å². The first-order chi connectivity index (χ1) is 10.5. The van der Waals surface area contributed by atoms with Crippen molar-refractivity contribution in [3.05, 3.63) is 45.5 Å². The first-order valence-corrected chi connectivity index (χ1v) is 9.02. The third kappa shape index (κ3) is 2.98. The number of aryl methyl sites for hydroxylation is 1. The summed E-state index contributed by atoms with van der Waals surface area (Å²) in [6, 6.07) is 4.64. The molecule has 9 heteroatoms. The highest BCUT2D eigenvalue weighted by atomic mass is 32.2. The van der Waals surface area contributed by atoms with Gasteiger partial charge in [-0.15, -0.1) is 11.3 Å². The van der Waals surface area contributed by atoms with E-state index in [1.54, 1.807) is 24.4 Å². The number of aromatic amines is 1. The molecule has 3 heterocycles. The first-order valence-electron chi connectivity index (χ1n) is 6.70. The van der Waals surface area contributed by atoms with Crippen LogP contribution in [0.2, 0.25) is 0 Å². The van der Waals surface area contributed by atoms with Crippen LogP contribution < -0.4 is 5.56 Å². The Labute approximate surface area is 131 Å². The SMILES string of the molecule is Cc1nc([C@@H]2CN(S(=O)(=O)c3cccs3)CCO2)cc(=O)[nH]1. The van der Waals surface area contributed by atoms with Crippen molar-refractivity contribution in [2.45, 2.75) is 17.2 Å². The van der Waals surface area contributed by atoms with E-state index in [0.717, 1.165) is 0 Å². The van der Waals surface area contributed by atoms with Gasteiger partial charge in [-0.25, -0.2) is 13.4 Å². The molecule has 0 aliphatic carbocycles. The van der Waals surface area contributed by atoms with Gasteiger partial charge in [0.15, 0.2) is 0 Å². The Kier molecular flexibility index (Phi) is 4.13. The normalized spacial score (nSPS) is 20.1. The van der Waals surface area contributed by atoms with Crippen LogP contribution >= 0.6 is 11.3 Å². The second kappa shape index (κ2) is 5.92. The van der Waals surface area contributed by atoms with Gasteiger partial charge < -0.3 is 9.72 Å². The van der Waals surface area contributed by atoms with Crippen molar-refractivity contribution < 1.29 is 13.2 Å². The minimum atomic E-state index is -3.52. The number of nitrogens with one attached hydrogen (secondary N) is 1. The summed E-state index contributed by atoms with van der Waals surface area (Å²) in [6.45, 7) is 2.38. The van der Waals surface area contributed by atoms with Crippen molar-refractivity contribution in [3.63, 3.8) is 0 Å². The molecule has 0 bridgehead atoms. The second-order valence-electron chi connectivity index (χ2n) is 4.91. The lowest BCUT2D eigenvalue weighted by Gasteiger charge is -2.31. The summed E-state index contributed by atoms with van der Waals surface area (Å²) in [7, 11) is -3.52. The fourth-order valence-corrected chi connectivity index (χ4v) is 4.90. The van der Waals surface area contributed by atoms with Crippen molar-refractivity contribution in [1.29, 1.82) is 0 Å². The average molecular weight is 341 g/mol. The minimum Gasteiger partial charge on any atom is -0.369 e. The van der Waals surface area contributed by atoms with Crippen LogP contribution in [0.5, 0.6) is 0 Å². The zero-order chi connectivity index (χ0) is 15.7. The third-order valence-electron chi connectivity index (χ3n) is 3.33. The zero-order valence-electron chi connectivity index (χ0n) is 11.9. The van der Waals surface area contributed by atoms with Crippen LogP contribution in [0.1, 0.15) is 17.6 Å². The molecule has 7 nitrogen and oxygen atoms in total. The van der Waals surface area contributed by atoms with E-state index >= 15 is 0 Å². The molecule has 1 atom stereocenters. The number of nitrogens with zero attached hydrogens (tertiary/aromatic N) is 2. The van der Waals surface area contributed by atoms with Gasteiger partial charge in [-0.1, -0.05) is 6.07 Å². The van der Waals surface area contributed by atoms with Crippen LogP contribution in [0, 0.1) is 6.92 Å². The van der Waals surface area contributed by atoms with Crippen molar-refractivity contribution in [2.75, 3.05) is 19.7 Å². The van der Waals surface area contributed by atoms with Gasteiger partial charge in [0.1, 0.15) is 16.1 Å². The van der Waals surface area contributed by atoms with Gasteiger partial charge >= 0.3 is 0 Å². The highest BCUT2D eigenvalue weighted by molar-refractivity contribution is 7.91. The van der Waals surface area contributed by atoms with E-state index in [9.17, 15) is 13.2 Å². The van der Waals surface area contributed by atoms with Crippen molar-refractivity contribution >= 4 is 21.4 Å². The van der Waals surface area contributed by atoms with Gasteiger partial charge in [-0.2, -0.15) is 4.31 Å². The quantitative estimate of drug-likeness (QED) is 0.895. The molecule has 0 unspecified atom stereocenters. The van der Waals surface area contributed by atoms with E-state index in [1.807, 2.05) is 0 Å². The predicted molar refractivity (Wildman–Crippen MR) is 81.4 cm³/mol. The van der Waals surface area contributed by atoms with Crippen LogP contribution in [0.25, 0.3) is 0 Å². The molecular formula is C13H15N3O4S2. The number of sulfonamides is 1. The van der Waals surface area contributed by atoms with E-state index in [4.69, 9.17) is 4.74 Å². The van der Waals surface area contributed by atoms with Crippen LogP contribution in [0.3, 0.4) is 0 Å². The Balaban J connectivity index is 1.87. The summed E-state index contributed by atoms with van der Waals surface area (Å²) >= 11 is 1.18. The maximum absolute atomic E-state index is 12.6. The third-order valence-corrected chi connectivity index (χ3v) is 6.57. The van der Waals surface area contributed by atoms with E-state index in [2.05, 4.69) is 9.97 Å². The fourth-order valence-electron chi connectivity index (χ4n) is 2.33. The highest BCUT2D eigenvalue weighted by Crippen LogP contribution is 2.27. The van der Waals surface area contributed by atoms with E-state index in [1.165, 1.54) is 21.7 Å². The van der Waals surface area contributed by atoms with Gasteiger partial charge in [0.2, 0.25) is 0 Å². The molecule has 0 spiro atoms. The van der Waals surface area contributed by atoms with E-state index in [-0.39, 0.29) is 18.7 Å². The molecule has 1 aliphatic rings. The van der Waals surface area contributed by atoms with Gasteiger partial charge in [0.25, 0.3) is 15.6 Å². The Bertz CT molecular complexity index is 814. The molecule has 0 aromatic carbocycles. The highest BCUT2D eigenvalue weighted by Gasteiger charge is 2.32. The standard InChI is InChI=1S/C13H15N3O4S2/c1-9-14-10(7-12(17)15-9)11-8-16(4-5-20-11)22(18,19)13-3-2-6-21-13/h2-3,6-7,11H,4-5,8H2,1H3,(H,14,15,17)/t11-/m0/s1. The molecule has 0 amide bonds. The molecule has 3 rings (SSSR count). The van der Waals surface area contributed by atoms with Crippen LogP contribution in [-0.2, 0) is 14.8 Å². The smallest absolute Gasteiger partial charge is 0.252 e. The number of hydrogen-bond acceptors (Lipinski definition) is 6. The maximum Gasteiger partial charge on any atom is 0.252 e. The molecular weight excluding hydrogens is 326 g/mol. The van der Waals surface area contributed by atoms with Gasteiger partial charge in [0, 0.05) is 19.2 Å². The lowest BCUT2D eigenvalue weighted by atomic mass is 10.2. The first kappa shape index (κ1) is 15.3. The summed E-state index contributed by atoms with van der Waals surface area (Å²) in [5, 5.41) is 1.73. The lowest BCUT2D eigenvalue weighted by molar-refractivity contribution is -0.00509. The second-order valence-corrected chi connectivity index (χ2v) is 8.02. The van der Waals surface area contributed by atoms with Gasteiger partial charge in [-0.3, -0.25) is 4.79 Å². The summed E-state index contributed by atoms with van der Waals surface area (Å²) in [6.07, 6.45) is -0.538. The van der Waals surface area contributed by atoms with Crippen LogP contribution in [-0.4, -0.2) is 42.4 Å². The maximum atomic E-state index is 12.6. The summed E-state index contributed by atoms with van der Waals surface area (Å²) in [5.41, 5.74) is 0.177. The lowest BCUT2D eigenvalue weighted by Crippen LogP contribution is -2.42. The molecule has 2 aromatic rings. The van der Waals surface area contributed by atoms with Crippen molar-refractivity contribution in [1.82, 2.24) is 14.3 Å². The number of H-pyrrole nitrogens is 1. The molecule has 0 radical (unpaired) electrons. The van der Waals surface area contributed by atoms with E-state index in [0.29, 0.717) is 22.3 Å². The fraction of sp³-hybridized carbons (Fsp3) is 0.385. The average Bonchev–Trinajstić information content (AvgIpc) is 3.01. The zero-order valence-corrected chi connectivity index (χ0v) is 13.5. The number of rotatable bonds is 3. The molecule has 2 aromatic heterocycles. The molecule has 118 valence electrons. The predicted octanol–water partition coefficient (Wildman–Crippen LogP) is 0.902. The number of hydrogen-bond donors (Lipinski definition) is 1. The Hall–Kier alpha value is -1.55. The topological polar surface area (TPSA) is 92.4 Å². The van der Waals surface area contributed by atoms with Gasteiger partial charge in [0.05, 0.1) is 12.3 Å². The van der Waals surface area contributed by atoms with Gasteiger partial charge in [-0.05, 0) is 18.4 Å². The van der Waals surface area contributed by atoms with Crippen LogP contribution in [0.4, 0.5) is 0 Å². The Morgan fingerprint density at radius 2 is 2.32 bits per heavy atom. The largest absolute Gasteiger partial charge is 0.369 e. The molecule has 22 heavy (non-hydrogen) atoms. The molecule has 0 saturated carbocycles. The molecule has 1 fully saturated rings. The summed E-state index contributed by atoms with van der Waals surface area (Å²) < 4.78 is 32.4. The minimum absolute atomic E-state index is 0.149. The number of morpholine rings is 1.